The summed E-state index contributed by atoms with van der Waals surface area (Å²) in [5.41, 5.74) is 5.19. The predicted molar refractivity (Wildman–Crippen MR) is 112 cm³/mol. The van der Waals surface area contributed by atoms with Crippen molar-refractivity contribution in [2.75, 3.05) is 0 Å². The van der Waals surface area contributed by atoms with Crippen LogP contribution in [0.1, 0.15) is 10.4 Å². The molecule has 28 heavy (non-hydrogen) atoms. The average molecular weight is 384 g/mol. The van der Waals surface area contributed by atoms with Crippen LogP contribution in [-0.2, 0) is 6.61 Å². The second-order valence-corrected chi connectivity index (χ2v) is 7.29. The number of aliphatic hydroxyl groups excluding tert-OH is 1. The Hall–Kier alpha value is -3.46. The number of nitrogens with one attached hydrogen (secondary N) is 1. The molecule has 4 rings (SSSR count). The van der Waals surface area contributed by atoms with Gasteiger partial charge in [-0.05, 0) is 75.7 Å². The van der Waals surface area contributed by atoms with Gasteiger partial charge in [0.2, 0.25) is 0 Å². The van der Waals surface area contributed by atoms with Gasteiger partial charge in [-0.1, -0.05) is 18.2 Å². The first-order valence-electron chi connectivity index (χ1n) is 8.71. The summed E-state index contributed by atoms with van der Waals surface area (Å²) in [5, 5.41) is 21.1. The van der Waals surface area contributed by atoms with Crippen LogP contribution in [0.4, 0.5) is 0 Å². The Kier molecular flexibility index (Phi) is 4.90. The maximum absolute atomic E-state index is 12.4. The van der Waals surface area contributed by atoms with Gasteiger partial charge in [-0.15, -0.1) is 11.3 Å². The molecule has 2 N–H and O–H groups in total. The van der Waals surface area contributed by atoms with Gasteiger partial charge in [-0.3, -0.25) is 4.79 Å². The van der Waals surface area contributed by atoms with Crippen molar-refractivity contribution in [1.82, 2.24) is 4.98 Å². The minimum atomic E-state index is -0.174. The zero-order chi connectivity index (χ0) is 19.5. The molecule has 0 atom stereocenters. The Morgan fingerprint density at radius 2 is 1.61 bits per heavy atom. The lowest BCUT2D eigenvalue weighted by atomic mass is 9.92. The van der Waals surface area contributed by atoms with Crippen molar-refractivity contribution < 1.29 is 5.11 Å². The Labute approximate surface area is 166 Å². The van der Waals surface area contributed by atoms with Crippen molar-refractivity contribution in [2.45, 2.75) is 6.61 Å². The molecule has 0 aliphatic heterocycles. The number of H-pyrrole nitrogens is 1. The average Bonchev–Trinajstić information content (AvgIpc) is 3.22. The van der Waals surface area contributed by atoms with Crippen LogP contribution in [0.2, 0.25) is 0 Å². The summed E-state index contributed by atoms with van der Waals surface area (Å²) in [5.74, 6) is 0. The van der Waals surface area contributed by atoms with E-state index < -0.39 is 0 Å². The number of aliphatic hydroxyl groups is 1. The summed E-state index contributed by atoms with van der Waals surface area (Å²) in [6, 6.07) is 21.0. The molecule has 0 radical (unpaired) electrons. The number of hydrogen-bond acceptors (Lipinski definition) is 4. The largest absolute Gasteiger partial charge is 0.391 e. The van der Waals surface area contributed by atoms with Crippen molar-refractivity contribution in [3.63, 3.8) is 0 Å². The van der Waals surface area contributed by atoms with Crippen molar-refractivity contribution >= 4 is 11.3 Å². The summed E-state index contributed by atoms with van der Waals surface area (Å²) in [6.45, 7) is -0.0483. The highest BCUT2D eigenvalue weighted by atomic mass is 32.1. The highest BCUT2D eigenvalue weighted by molar-refractivity contribution is 7.10. The zero-order valence-corrected chi connectivity index (χ0v) is 15.7. The molecule has 0 fully saturated rings. The van der Waals surface area contributed by atoms with Gasteiger partial charge in [0.25, 0.3) is 5.56 Å². The first-order valence-corrected chi connectivity index (χ1v) is 9.59. The number of hydrogen-bond donors (Lipinski definition) is 2. The zero-order valence-electron chi connectivity index (χ0n) is 14.8. The van der Waals surface area contributed by atoms with Gasteiger partial charge >= 0.3 is 0 Å². The van der Waals surface area contributed by atoms with Gasteiger partial charge < -0.3 is 10.1 Å². The maximum atomic E-state index is 12.4. The topological polar surface area (TPSA) is 76.9 Å². The molecule has 0 spiro atoms. The summed E-state index contributed by atoms with van der Waals surface area (Å²) in [7, 11) is 0. The Balaban J connectivity index is 2.01. The van der Waals surface area contributed by atoms with Gasteiger partial charge in [-0.2, -0.15) is 5.26 Å². The van der Waals surface area contributed by atoms with Gasteiger partial charge in [0.1, 0.15) is 0 Å². The second kappa shape index (κ2) is 7.65. The van der Waals surface area contributed by atoms with Crippen molar-refractivity contribution in [2.24, 2.45) is 0 Å². The Bertz CT molecular complexity index is 1250. The van der Waals surface area contributed by atoms with E-state index in [2.05, 4.69) is 11.1 Å². The number of benzene rings is 2. The molecule has 136 valence electrons. The number of nitriles is 1. The SMILES string of the molecule is N#Cc1ccccc1-c1cc(-c2ccsc2CO)cc(-c2ccc[nH]c2=O)c1. The van der Waals surface area contributed by atoms with Crippen LogP contribution < -0.4 is 5.56 Å². The van der Waals surface area contributed by atoms with Gasteiger partial charge in [0.05, 0.1) is 18.2 Å². The molecule has 0 saturated heterocycles. The lowest BCUT2D eigenvalue weighted by Crippen LogP contribution is -2.07. The molecule has 0 saturated carbocycles. The first kappa shape index (κ1) is 17.9. The fourth-order valence-corrected chi connectivity index (χ4v) is 4.05. The number of thiophene rings is 1. The molecule has 0 amide bonds. The van der Waals surface area contributed by atoms with E-state index in [1.165, 1.54) is 11.3 Å². The second-order valence-electron chi connectivity index (χ2n) is 6.28. The number of rotatable bonds is 4. The first-order chi connectivity index (χ1) is 13.7. The molecule has 0 aliphatic rings. The van der Waals surface area contributed by atoms with E-state index in [1.54, 1.807) is 24.4 Å². The fraction of sp³-hybridized carbons (Fsp3) is 0.0435. The number of nitrogens with zero attached hydrogens (tertiary/aromatic N) is 1. The molecule has 2 aromatic heterocycles. The minimum Gasteiger partial charge on any atom is -0.391 e. The molecular weight excluding hydrogens is 368 g/mol. The molecule has 4 nitrogen and oxygen atoms in total. The predicted octanol–water partition coefficient (Wildman–Crippen LogP) is 4.80. The lowest BCUT2D eigenvalue weighted by Gasteiger charge is -2.12. The van der Waals surface area contributed by atoms with E-state index in [4.69, 9.17) is 0 Å². The molecule has 0 unspecified atom stereocenters. The maximum Gasteiger partial charge on any atom is 0.255 e. The summed E-state index contributed by atoms with van der Waals surface area (Å²) in [6.07, 6.45) is 1.60. The van der Waals surface area contributed by atoms with Crippen LogP contribution in [0.3, 0.4) is 0 Å². The normalized spacial score (nSPS) is 10.6. The van der Waals surface area contributed by atoms with Gasteiger partial charge in [0, 0.05) is 16.6 Å². The molecule has 0 aliphatic carbocycles. The highest BCUT2D eigenvalue weighted by Gasteiger charge is 2.13. The van der Waals surface area contributed by atoms with Crippen LogP contribution in [0.5, 0.6) is 0 Å². The van der Waals surface area contributed by atoms with Gasteiger partial charge in [0.15, 0.2) is 0 Å². The van der Waals surface area contributed by atoms with Crippen LogP contribution >= 0.6 is 11.3 Å². The highest BCUT2D eigenvalue weighted by Crippen LogP contribution is 2.36. The van der Waals surface area contributed by atoms with Crippen LogP contribution in [-0.4, -0.2) is 10.1 Å². The Morgan fingerprint density at radius 1 is 0.929 bits per heavy atom. The molecule has 2 aromatic carbocycles. The van der Waals surface area contributed by atoms with Crippen molar-refractivity contribution in [3.8, 4) is 39.4 Å². The fourth-order valence-electron chi connectivity index (χ4n) is 3.30. The van der Waals surface area contributed by atoms with Crippen molar-refractivity contribution in [3.05, 3.63) is 93.0 Å². The molecule has 2 heterocycles. The number of aromatic amines is 1. The van der Waals surface area contributed by atoms with E-state index in [1.807, 2.05) is 47.8 Å². The summed E-state index contributed by atoms with van der Waals surface area (Å²) >= 11 is 1.49. The third-order valence-electron chi connectivity index (χ3n) is 4.62. The molecule has 5 heteroatoms. The third kappa shape index (κ3) is 3.27. The van der Waals surface area contributed by atoms with Crippen LogP contribution in [0.25, 0.3) is 33.4 Å². The lowest BCUT2D eigenvalue weighted by molar-refractivity contribution is 0.286. The van der Waals surface area contributed by atoms with Crippen LogP contribution in [0.15, 0.2) is 77.0 Å². The summed E-state index contributed by atoms with van der Waals surface area (Å²) < 4.78 is 0. The minimum absolute atomic E-state index is 0.0483. The van der Waals surface area contributed by atoms with Crippen molar-refractivity contribution in [1.29, 1.82) is 5.26 Å². The van der Waals surface area contributed by atoms with Crippen LogP contribution in [0, 0.1) is 11.3 Å². The third-order valence-corrected chi connectivity index (χ3v) is 5.53. The molecule has 0 bridgehead atoms. The van der Waals surface area contributed by atoms with E-state index in [9.17, 15) is 15.2 Å². The van der Waals surface area contributed by atoms with E-state index in [0.717, 1.165) is 32.7 Å². The molecule has 4 aromatic rings. The van der Waals surface area contributed by atoms with E-state index in [-0.39, 0.29) is 12.2 Å². The number of pyridine rings is 1. The number of aromatic nitrogens is 1. The summed E-state index contributed by atoms with van der Waals surface area (Å²) in [4.78, 5) is 15.9. The monoisotopic (exact) mass is 384 g/mol. The van der Waals surface area contributed by atoms with Gasteiger partial charge in [-0.25, -0.2) is 0 Å². The smallest absolute Gasteiger partial charge is 0.255 e. The van der Waals surface area contributed by atoms with E-state index >= 15 is 0 Å². The molecular formula is C23H16N2O2S. The standard InChI is InChI=1S/C23H16N2O2S/c24-13-15-4-1-2-5-19(15)16-10-17(20-7-9-28-22(20)14-26)12-18(11-16)21-6-3-8-25-23(21)27/h1-12,26H,14H2,(H,25,27). The Morgan fingerprint density at radius 3 is 2.32 bits per heavy atom. The van der Waals surface area contributed by atoms with E-state index in [0.29, 0.717) is 11.1 Å². The quantitative estimate of drug-likeness (QED) is 0.530.